The largest absolute Gasteiger partial charge is 0.495 e. The third-order valence-electron chi connectivity index (χ3n) is 2.47. The molecule has 1 aromatic carbocycles. The zero-order valence-corrected chi connectivity index (χ0v) is 11.8. The number of pyridine rings is 1. The predicted octanol–water partition coefficient (Wildman–Crippen LogP) is 3.30. The van der Waals surface area contributed by atoms with Crippen LogP contribution in [0.5, 0.6) is 11.5 Å². The van der Waals surface area contributed by atoms with Gasteiger partial charge in [-0.3, -0.25) is 4.98 Å². The van der Waals surface area contributed by atoms with Gasteiger partial charge in [0.25, 0.3) is 0 Å². The van der Waals surface area contributed by atoms with Gasteiger partial charge in [-0.1, -0.05) is 6.07 Å². The van der Waals surface area contributed by atoms with E-state index in [4.69, 9.17) is 14.7 Å². The molecule has 5 heteroatoms. The molecule has 0 fully saturated rings. The maximum absolute atomic E-state index is 9.01. The number of hydrogen-bond acceptors (Lipinski definition) is 4. The van der Waals surface area contributed by atoms with E-state index in [1.165, 1.54) is 0 Å². The minimum Gasteiger partial charge on any atom is -0.495 e. The lowest BCUT2D eigenvalue weighted by Crippen LogP contribution is -1.97. The van der Waals surface area contributed by atoms with Crippen molar-refractivity contribution < 1.29 is 9.47 Å². The zero-order valence-electron chi connectivity index (χ0n) is 10.3. The van der Waals surface area contributed by atoms with E-state index in [-0.39, 0.29) is 0 Å². The zero-order chi connectivity index (χ0) is 13.7. The molecule has 4 nitrogen and oxygen atoms in total. The molecule has 0 atom stereocenters. The highest BCUT2D eigenvalue weighted by Crippen LogP contribution is 2.21. The van der Waals surface area contributed by atoms with Crippen LogP contribution in [0.15, 0.2) is 41.1 Å². The van der Waals surface area contributed by atoms with E-state index in [1.807, 2.05) is 12.1 Å². The smallest absolute Gasteiger partial charge is 0.139 e. The van der Waals surface area contributed by atoms with Crippen LogP contribution in [0.3, 0.4) is 0 Å². The third-order valence-corrected chi connectivity index (χ3v) is 2.90. The molecule has 0 aliphatic rings. The van der Waals surface area contributed by atoms with Gasteiger partial charge in [-0.15, -0.1) is 0 Å². The Hall–Kier alpha value is -2.06. The van der Waals surface area contributed by atoms with Gasteiger partial charge in [0.1, 0.15) is 24.2 Å². The van der Waals surface area contributed by atoms with Crippen molar-refractivity contribution in [3.63, 3.8) is 0 Å². The highest BCUT2D eigenvalue weighted by Gasteiger charge is 2.04. The van der Waals surface area contributed by atoms with Crippen LogP contribution in [0.25, 0.3) is 0 Å². The molecular formula is C14H11BrN2O2. The van der Waals surface area contributed by atoms with E-state index >= 15 is 0 Å². The molecule has 1 heterocycles. The summed E-state index contributed by atoms with van der Waals surface area (Å²) in [6.45, 7) is 0.372. The van der Waals surface area contributed by atoms with Gasteiger partial charge in [-0.2, -0.15) is 5.26 Å². The molecule has 0 radical (unpaired) electrons. The van der Waals surface area contributed by atoms with Crippen LogP contribution in [-0.2, 0) is 6.61 Å². The third kappa shape index (κ3) is 3.46. The summed E-state index contributed by atoms with van der Waals surface area (Å²) in [4.78, 5) is 4.01. The van der Waals surface area contributed by atoms with E-state index < -0.39 is 0 Å². The molecule has 0 aliphatic carbocycles. The maximum atomic E-state index is 9.01. The molecule has 0 saturated heterocycles. The van der Waals surface area contributed by atoms with Crippen molar-refractivity contribution in [3.8, 4) is 17.6 Å². The van der Waals surface area contributed by atoms with Crippen LogP contribution in [0.1, 0.15) is 11.1 Å². The minimum atomic E-state index is 0.372. The maximum Gasteiger partial charge on any atom is 0.139 e. The molecule has 0 unspecified atom stereocenters. The first-order chi connectivity index (χ1) is 9.22. The summed E-state index contributed by atoms with van der Waals surface area (Å²) in [5.74, 6) is 1.24. The van der Waals surface area contributed by atoms with Crippen molar-refractivity contribution in [2.75, 3.05) is 7.11 Å². The van der Waals surface area contributed by atoms with Gasteiger partial charge in [-0.25, -0.2) is 0 Å². The van der Waals surface area contributed by atoms with Crippen LogP contribution >= 0.6 is 15.9 Å². The standard InChI is InChI=1S/C14H11BrN2O2/c1-18-14-3-2-10(4-11(14)6-16)9-19-13-5-12(15)7-17-8-13/h2-5,7-8H,9H2,1H3. The monoisotopic (exact) mass is 318 g/mol. The molecule has 0 spiro atoms. The lowest BCUT2D eigenvalue weighted by Gasteiger charge is -2.08. The average Bonchev–Trinajstić information content (AvgIpc) is 2.45. The summed E-state index contributed by atoms with van der Waals surface area (Å²) in [5.41, 5.74) is 1.40. The van der Waals surface area contributed by atoms with Crippen molar-refractivity contribution in [1.82, 2.24) is 4.98 Å². The molecule has 1 aromatic heterocycles. The van der Waals surface area contributed by atoms with Crippen LogP contribution in [-0.4, -0.2) is 12.1 Å². The number of ether oxygens (including phenoxy) is 2. The molecule has 0 aliphatic heterocycles. The Morgan fingerprint density at radius 2 is 2.16 bits per heavy atom. The highest BCUT2D eigenvalue weighted by molar-refractivity contribution is 9.10. The average molecular weight is 319 g/mol. The van der Waals surface area contributed by atoms with Crippen LogP contribution in [0, 0.1) is 11.3 Å². The first kappa shape index (κ1) is 13.4. The number of hydrogen-bond donors (Lipinski definition) is 0. The molecule has 2 rings (SSSR count). The molecule has 0 bridgehead atoms. The Labute approximate surface area is 119 Å². The number of nitriles is 1. The Kier molecular flexibility index (Phi) is 4.37. The van der Waals surface area contributed by atoms with E-state index in [1.54, 1.807) is 31.6 Å². The second-order valence-corrected chi connectivity index (χ2v) is 4.69. The van der Waals surface area contributed by atoms with Gasteiger partial charge in [0, 0.05) is 10.7 Å². The van der Waals surface area contributed by atoms with Crippen molar-refractivity contribution in [1.29, 1.82) is 5.26 Å². The Morgan fingerprint density at radius 1 is 1.32 bits per heavy atom. The molecule has 0 amide bonds. The van der Waals surface area contributed by atoms with Crippen molar-refractivity contribution in [2.24, 2.45) is 0 Å². The SMILES string of the molecule is COc1ccc(COc2cncc(Br)c2)cc1C#N. The Bertz CT molecular complexity index is 623. The van der Waals surface area contributed by atoms with Gasteiger partial charge in [0.05, 0.1) is 18.9 Å². The number of rotatable bonds is 4. The van der Waals surface area contributed by atoms with E-state index in [2.05, 4.69) is 27.0 Å². The van der Waals surface area contributed by atoms with E-state index in [0.29, 0.717) is 23.7 Å². The lowest BCUT2D eigenvalue weighted by molar-refractivity contribution is 0.304. The Balaban J connectivity index is 2.10. The fraction of sp³-hybridized carbons (Fsp3) is 0.143. The van der Waals surface area contributed by atoms with E-state index in [0.717, 1.165) is 10.0 Å². The molecule has 2 aromatic rings. The molecule has 0 saturated carbocycles. The summed E-state index contributed by atoms with van der Waals surface area (Å²) in [5, 5.41) is 9.01. The van der Waals surface area contributed by atoms with Crippen LogP contribution in [0.4, 0.5) is 0 Å². The fourth-order valence-corrected chi connectivity index (χ4v) is 1.91. The van der Waals surface area contributed by atoms with Gasteiger partial charge in [-0.05, 0) is 39.7 Å². The van der Waals surface area contributed by atoms with Gasteiger partial charge in [0.15, 0.2) is 0 Å². The second kappa shape index (κ2) is 6.21. The number of nitrogens with zero attached hydrogens (tertiary/aromatic N) is 2. The number of methoxy groups -OCH3 is 1. The minimum absolute atomic E-state index is 0.372. The fourth-order valence-electron chi connectivity index (χ4n) is 1.57. The van der Waals surface area contributed by atoms with Crippen molar-refractivity contribution in [3.05, 3.63) is 52.3 Å². The molecule has 96 valence electrons. The van der Waals surface area contributed by atoms with Gasteiger partial charge < -0.3 is 9.47 Å². The van der Waals surface area contributed by atoms with Gasteiger partial charge in [0.2, 0.25) is 0 Å². The summed E-state index contributed by atoms with van der Waals surface area (Å²) in [7, 11) is 1.54. The summed E-state index contributed by atoms with van der Waals surface area (Å²) in [6.07, 6.45) is 3.33. The molecule has 19 heavy (non-hydrogen) atoms. The first-order valence-corrected chi connectivity index (χ1v) is 6.32. The van der Waals surface area contributed by atoms with E-state index in [9.17, 15) is 0 Å². The molecule has 0 N–H and O–H groups in total. The summed E-state index contributed by atoms with van der Waals surface area (Å²) >= 11 is 3.33. The van der Waals surface area contributed by atoms with Gasteiger partial charge >= 0.3 is 0 Å². The summed E-state index contributed by atoms with van der Waals surface area (Å²) < 4.78 is 11.6. The topological polar surface area (TPSA) is 55.1 Å². The Morgan fingerprint density at radius 3 is 2.84 bits per heavy atom. The normalized spacial score (nSPS) is 9.74. The van der Waals surface area contributed by atoms with Crippen molar-refractivity contribution in [2.45, 2.75) is 6.61 Å². The summed E-state index contributed by atoms with van der Waals surface area (Å²) in [6, 6.07) is 9.31. The first-order valence-electron chi connectivity index (χ1n) is 5.53. The van der Waals surface area contributed by atoms with Crippen LogP contribution in [0.2, 0.25) is 0 Å². The highest BCUT2D eigenvalue weighted by atomic mass is 79.9. The predicted molar refractivity (Wildman–Crippen MR) is 74.0 cm³/mol. The number of benzene rings is 1. The van der Waals surface area contributed by atoms with Crippen LogP contribution < -0.4 is 9.47 Å². The second-order valence-electron chi connectivity index (χ2n) is 3.77. The van der Waals surface area contributed by atoms with Crippen molar-refractivity contribution >= 4 is 15.9 Å². The quantitative estimate of drug-likeness (QED) is 0.867. The lowest BCUT2D eigenvalue weighted by atomic mass is 10.1. The molecular weight excluding hydrogens is 308 g/mol. The number of aromatic nitrogens is 1. The number of halogens is 1.